The number of carbonyl (C=O) groups excluding carboxylic acids is 2. The van der Waals surface area contributed by atoms with Crippen LogP contribution in [0.3, 0.4) is 0 Å². The van der Waals surface area contributed by atoms with Crippen LogP contribution >= 0.6 is 0 Å². The molecular formula is C21H29N3O3. The van der Waals surface area contributed by atoms with Crippen LogP contribution in [0.4, 0.5) is 0 Å². The summed E-state index contributed by atoms with van der Waals surface area (Å²) in [5, 5.41) is 3.01. The van der Waals surface area contributed by atoms with Crippen LogP contribution in [-0.4, -0.2) is 52.6 Å². The Bertz CT molecular complexity index is 737. The predicted octanol–water partition coefficient (Wildman–Crippen LogP) is 2.27. The van der Waals surface area contributed by atoms with Gasteiger partial charge in [0.1, 0.15) is 0 Å². The Balaban J connectivity index is 1.49. The van der Waals surface area contributed by atoms with Gasteiger partial charge < -0.3 is 19.5 Å². The van der Waals surface area contributed by atoms with Gasteiger partial charge in [-0.3, -0.25) is 9.59 Å². The number of amides is 2. The van der Waals surface area contributed by atoms with Gasteiger partial charge in [0.25, 0.3) is 0 Å². The Kier molecular flexibility index (Phi) is 6.16. The lowest BCUT2D eigenvalue weighted by Gasteiger charge is -2.22. The molecule has 2 amide bonds. The standard InChI is InChI=1S/C21H29N3O3/c1-3-4-5-6-19(25)22-18-13-21(27-15-18)10-12-24(16-21)20(26)8-7-17-9-11-23(2)14-17/h5-9,11,14,18H,3-4,10,12-13,15-16H2,1-2H3,(H,22,25)/b6-5+,8-7+. The second-order valence-electron chi connectivity index (χ2n) is 7.55. The van der Waals surface area contributed by atoms with Gasteiger partial charge in [0.2, 0.25) is 11.8 Å². The largest absolute Gasteiger partial charge is 0.371 e. The highest BCUT2D eigenvalue weighted by Gasteiger charge is 2.46. The molecule has 27 heavy (non-hydrogen) atoms. The van der Waals surface area contributed by atoms with E-state index in [1.54, 1.807) is 12.2 Å². The summed E-state index contributed by atoms with van der Waals surface area (Å²) in [4.78, 5) is 26.2. The minimum Gasteiger partial charge on any atom is -0.371 e. The average molecular weight is 371 g/mol. The maximum Gasteiger partial charge on any atom is 0.246 e. The van der Waals surface area contributed by atoms with E-state index in [1.165, 1.54) is 0 Å². The number of hydrogen-bond donors (Lipinski definition) is 1. The highest BCUT2D eigenvalue weighted by atomic mass is 16.5. The van der Waals surface area contributed by atoms with E-state index in [2.05, 4.69) is 12.2 Å². The van der Waals surface area contributed by atoms with Gasteiger partial charge in [-0.05, 0) is 36.6 Å². The molecular weight excluding hydrogens is 342 g/mol. The highest BCUT2D eigenvalue weighted by Crippen LogP contribution is 2.35. The van der Waals surface area contributed by atoms with Crippen molar-refractivity contribution in [3.05, 3.63) is 42.3 Å². The summed E-state index contributed by atoms with van der Waals surface area (Å²) in [6.45, 7) is 3.87. The molecule has 0 saturated carbocycles. The molecule has 1 spiro atoms. The maximum atomic E-state index is 12.5. The fourth-order valence-corrected chi connectivity index (χ4v) is 3.76. The minimum atomic E-state index is -0.318. The molecule has 2 aliphatic heterocycles. The number of carbonyl (C=O) groups is 2. The number of unbranched alkanes of at least 4 members (excludes halogenated alkanes) is 1. The van der Waals surface area contributed by atoms with Crippen molar-refractivity contribution in [1.29, 1.82) is 0 Å². The molecule has 0 aromatic carbocycles. The second-order valence-corrected chi connectivity index (χ2v) is 7.55. The molecule has 3 heterocycles. The smallest absolute Gasteiger partial charge is 0.246 e. The number of aryl methyl sites for hydroxylation is 1. The summed E-state index contributed by atoms with van der Waals surface area (Å²) in [5.74, 6) is -0.0554. The van der Waals surface area contributed by atoms with Crippen molar-refractivity contribution in [2.75, 3.05) is 19.7 Å². The van der Waals surface area contributed by atoms with E-state index in [1.807, 2.05) is 47.1 Å². The van der Waals surface area contributed by atoms with E-state index in [4.69, 9.17) is 4.74 Å². The molecule has 2 fully saturated rings. The predicted molar refractivity (Wildman–Crippen MR) is 105 cm³/mol. The van der Waals surface area contributed by atoms with Crippen LogP contribution in [0.15, 0.2) is 36.7 Å². The first kappa shape index (κ1) is 19.4. The first-order chi connectivity index (χ1) is 13.0. The number of allylic oxidation sites excluding steroid dienone is 1. The third-order valence-corrected chi connectivity index (χ3v) is 5.18. The first-order valence-electron chi connectivity index (χ1n) is 9.70. The summed E-state index contributed by atoms with van der Waals surface area (Å²) in [5.41, 5.74) is 0.692. The van der Waals surface area contributed by atoms with Gasteiger partial charge in [-0.25, -0.2) is 0 Å². The van der Waals surface area contributed by atoms with Crippen molar-refractivity contribution in [3.8, 4) is 0 Å². The van der Waals surface area contributed by atoms with Crippen molar-refractivity contribution >= 4 is 17.9 Å². The monoisotopic (exact) mass is 371 g/mol. The van der Waals surface area contributed by atoms with E-state index in [9.17, 15) is 9.59 Å². The van der Waals surface area contributed by atoms with Gasteiger partial charge in [0.15, 0.2) is 0 Å². The van der Waals surface area contributed by atoms with E-state index in [0.29, 0.717) is 19.7 Å². The number of nitrogens with zero attached hydrogens (tertiary/aromatic N) is 2. The third-order valence-electron chi connectivity index (χ3n) is 5.18. The van der Waals surface area contributed by atoms with Crippen LogP contribution in [0.2, 0.25) is 0 Å². The second kappa shape index (κ2) is 8.57. The molecule has 6 nitrogen and oxygen atoms in total. The summed E-state index contributed by atoms with van der Waals surface area (Å²) in [6.07, 6.45) is 14.4. The van der Waals surface area contributed by atoms with Crippen LogP contribution < -0.4 is 5.32 Å². The quantitative estimate of drug-likeness (QED) is 0.781. The Morgan fingerprint density at radius 3 is 3.00 bits per heavy atom. The first-order valence-corrected chi connectivity index (χ1v) is 9.70. The number of nitrogens with one attached hydrogen (secondary N) is 1. The number of rotatable bonds is 6. The Morgan fingerprint density at radius 2 is 2.26 bits per heavy atom. The molecule has 146 valence electrons. The van der Waals surface area contributed by atoms with E-state index >= 15 is 0 Å². The molecule has 0 radical (unpaired) electrons. The number of ether oxygens (including phenoxy) is 1. The highest BCUT2D eigenvalue weighted by molar-refractivity contribution is 5.92. The lowest BCUT2D eigenvalue weighted by Crippen LogP contribution is -2.38. The SMILES string of the molecule is CCC/C=C/C(=O)NC1COC2(CCN(C(=O)/C=C/c3ccn(C)c3)C2)C1. The average Bonchev–Trinajstić information content (AvgIpc) is 3.35. The fourth-order valence-electron chi connectivity index (χ4n) is 3.76. The zero-order valence-corrected chi connectivity index (χ0v) is 16.2. The molecule has 1 aromatic rings. The fraction of sp³-hybridized carbons (Fsp3) is 0.524. The zero-order valence-electron chi connectivity index (χ0n) is 16.2. The van der Waals surface area contributed by atoms with E-state index in [0.717, 1.165) is 31.2 Å². The summed E-state index contributed by atoms with van der Waals surface area (Å²) in [6, 6.07) is 1.98. The van der Waals surface area contributed by atoms with Crippen LogP contribution in [-0.2, 0) is 21.4 Å². The number of hydrogen-bond acceptors (Lipinski definition) is 3. The molecule has 1 N–H and O–H groups in total. The van der Waals surface area contributed by atoms with Crippen LogP contribution in [0.25, 0.3) is 6.08 Å². The van der Waals surface area contributed by atoms with Crippen molar-refractivity contribution < 1.29 is 14.3 Å². The molecule has 2 atom stereocenters. The summed E-state index contributed by atoms with van der Waals surface area (Å²) >= 11 is 0. The lowest BCUT2D eigenvalue weighted by atomic mass is 9.97. The normalized spacial score (nSPS) is 25.3. The Hall–Kier alpha value is -2.34. The van der Waals surface area contributed by atoms with Gasteiger partial charge in [-0.2, -0.15) is 0 Å². The Labute approximate surface area is 160 Å². The van der Waals surface area contributed by atoms with Gasteiger partial charge in [0.05, 0.1) is 24.8 Å². The molecule has 3 rings (SSSR count). The molecule has 0 aliphatic carbocycles. The van der Waals surface area contributed by atoms with Gasteiger partial charge in [-0.15, -0.1) is 0 Å². The van der Waals surface area contributed by atoms with Crippen LogP contribution in [0.5, 0.6) is 0 Å². The van der Waals surface area contributed by atoms with Crippen LogP contribution in [0, 0.1) is 0 Å². The van der Waals surface area contributed by atoms with Gasteiger partial charge in [-0.1, -0.05) is 19.4 Å². The van der Waals surface area contributed by atoms with Crippen molar-refractivity contribution in [2.24, 2.45) is 7.05 Å². The van der Waals surface area contributed by atoms with E-state index < -0.39 is 0 Å². The molecule has 2 unspecified atom stereocenters. The topological polar surface area (TPSA) is 63.6 Å². The molecule has 0 bridgehead atoms. The van der Waals surface area contributed by atoms with Crippen molar-refractivity contribution in [1.82, 2.24) is 14.8 Å². The van der Waals surface area contributed by atoms with Crippen molar-refractivity contribution in [3.63, 3.8) is 0 Å². The Morgan fingerprint density at radius 1 is 1.41 bits per heavy atom. The molecule has 2 aliphatic rings. The minimum absolute atomic E-state index is 0.00862. The van der Waals surface area contributed by atoms with E-state index in [-0.39, 0.29) is 23.5 Å². The molecule has 6 heteroatoms. The summed E-state index contributed by atoms with van der Waals surface area (Å²) in [7, 11) is 1.95. The number of aromatic nitrogens is 1. The van der Waals surface area contributed by atoms with Crippen molar-refractivity contribution in [2.45, 2.75) is 44.2 Å². The molecule has 1 aromatic heterocycles. The lowest BCUT2D eigenvalue weighted by molar-refractivity contribution is -0.126. The zero-order chi connectivity index (χ0) is 19.3. The molecule has 2 saturated heterocycles. The van der Waals surface area contributed by atoms with Gasteiger partial charge in [0, 0.05) is 38.5 Å². The van der Waals surface area contributed by atoms with Gasteiger partial charge >= 0.3 is 0 Å². The number of likely N-dealkylation sites (tertiary alicyclic amines) is 1. The van der Waals surface area contributed by atoms with Crippen LogP contribution in [0.1, 0.15) is 38.2 Å². The third kappa shape index (κ3) is 5.10. The maximum absolute atomic E-state index is 12.5. The summed E-state index contributed by atoms with van der Waals surface area (Å²) < 4.78 is 7.98.